The van der Waals surface area contributed by atoms with Gasteiger partial charge in [0.05, 0.1) is 18.7 Å². The molecular formula is C27H28N2O5. The van der Waals surface area contributed by atoms with Gasteiger partial charge < -0.3 is 18.9 Å². The lowest BCUT2D eigenvalue weighted by molar-refractivity contribution is -0.147. The van der Waals surface area contributed by atoms with Crippen molar-refractivity contribution >= 4 is 23.3 Å². The number of amides is 1. The minimum atomic E-state index is -0.629. The van der Waals surface area contributed by atoms with E-state index in [2.05, 4.69) is 4.57 Å². The van der Waals surface area contributed by atoms with E-state index in [4.69, 9.17) is 9.47 Å². The van der Waals surface area contributed by atoms with E-state index >= 15 is 0 Å². The number of Topliss-reactive ketones (excluding diaryl/α,β-unsaturated/α-hetero) is 1. The van der Waals surface area contributed by atoms with Gasteiger partial charge >= 0.3 is 5.97 Å². The van der Waals surface area contributed by atoms with Crippen molar-refractivity contribution in [3.8, 4) is 5.75 Å². The predicted molar refractivity (Wildman–Crippen MR) is 128 cm³/mol. The highest BCUT2D eigenvalue weighted by molar-refractivity contribution is 6.02. The number of ketones is 1. The van der Waals surface area contributed by atoms with Crippen LogP contribution < -0.4 is 9.64 Å². The number of hydrogen-bond acceptors (Lipinski definition) is 5. The second-order valence-corrected chi connectivity index (χ2v) is 8.46. The van der Waals surface area contributed by atoms with Gasteiger partial charge in [-0.05, 0) is 37.6 Å². The number of rotatable bonds is 8. The molecule has 4 rings (SSSR count). The van der Waals surface area contributed by atoms with Crippen LogP contribution in [0.2, 0.25) is 0 Å². The molecule has 1 fully saturated rings. The summed E-state index contributed by atoms with van der Waals surface area (Å²) in [6.45, 7) is 4.35. The van der Waals surface area contributed by atoms with Gasteiger partial charge in [-0.15, -0.1) is 0 Å². The molecule has 1 aliphatic rings. The molecule has 176 valence electrons. The summed E-state index contributed by atoms with van der Waals surface area (Å²) >= 11 is 0. The van der Waals surface area contributed by atoms with Crippen molar-refractivity contribution in [3.63, 3.8) is 0 Å². The number of carbonyl (C=O) groups excluding carboxylic acids is 3. The van der Waals surface area contributed by atoms with Gasteiger partial charge in [0.1, 0.15) is 5.75 Å². The van der Waals surface area contributed by atoms with Crippen LogP contribution >= 0.6 is 0 Å². The quantitative estimate of drug-likeness (QED) is 0.376. The van der Waals surface area contributed by atoms with Crippen LogP contribution in [0.5, 0.6) is 5.75 Å². The van der Waals surface area contributed by atoms with E-state index in [9.17, 15) is 14.4 Å². The molecular weight excluding hydrogens is 432 g/mol. The van der Waals surface area contributed by atoms with E-state index in [1.54, 1.807) is 12.1 Å². The summed E-state index contributed by atoms with van der Waals surface area (Å²) in [5.74, 6) is -1.05. The zero-order chi connectivity index (χ0) is 24.2. The maximum absolute atomic E-state index is 12.9. The largest absolute Gasteiger partial charge is 0.495 e. The fourth-order valence-electron chi connectivity index (χ4n) is 4.38. The Hall–Kier alpha value is -3.87. The first-order valence-corrected chi connectivity index (χ1v) is 11.2. The fourth-order valence-corrected chi connectivity index (χ4v) is 4.38. The Morgan fingerprint density at radius 1 is 1.03 bits per heavy atom. The number of aryl methyl sites for hydroxylation is 1. The SMILES string of the molecule is COc1ccccc1N1CC(C(=O)OCC(=O)c2cc(C)n(Cc3ccccc3)c2C)CC1=O. The molecule has 2 aromatic carbocycles. The summed E-state index contributed by atoms with van der Waals surface area (Å²) in [6, 6.07) is 19.0. The molecule has 2 heterocycles. The first-order chi connectivity index (χ1) is 16.4. The van der Waals surface area contributed by atoms with Crippen molar-refractivity contribution in [2.24, 2.45) is 5.92 Å². The molecule has 0 spiro atoms. The molecule has 3 aromatic rings. The third kappa shape index (κ3) is 4.73. The normalized spacial score (nSPS) is 15.4. The minimum absolute atomic E-state index is 0.0384. The molecule has 1 amide bonds. The molecule has 34 heavy (non-hydrogen) atoms. The molecule has 0 radical (unpaired) electrons. The van der Waals surface area contributed by atoms with E-state index in [0.29, 0.717) is 23.5 Å². The lowest BCUT2D eigenvalue weighted by Crippen LogP contribution is -2.27. The molecule has 1 aliphatic heterocycles. The van der Waals surface area contributed by atoms with Gasteiger partial charge in [0.2, 0.25) is 11.7 Å². The van der Waals surface area contributed by atoms with Gasteiger partial charge in [-0.1, -0.05) is 42.5 Å². The summed E-state index contributed by atoms with van der Waals surface area (Å²) < 4.78 is 12.8. The molecule has 7 nitrogen and oxygen atoms in total. The monoisotopic (exact) mass is 460 g/mol. The van der Waals surface area contributed by atoms with Gasteiger partial charge in [-0.3, -0.25) is 14.4 Å². The maximum Gasteiger partial charge on any atom is 0.311 e. The molecule has 0 N–H and O–H groups in total. The van der Waals surface area contributed by atoms with Crippen LogP contribution in [0.25, 0.3) is 0 Å². The van der Waals surface area contributed by atoms with Crippen molar-refractivity contribution in [2.75, 3.05) is 25.2 Å². The number of hydrogen-bond donors (Lipinski definition) is 0. The highest BCUT2D eigenvalue weighted by Gasteiger charge is 2.37. The maximum atomic E-state index is 12.9. The average molecular weight is 461 g/mol. The summed E-state index contributed by atoms with van der Waals surface area (Å²) in [5, 5.41) is 0. The van der Waals surface area contributed by atoms with Crippen molar-refractivity contribution in [3.05, 3.63) is 83.2 Å². The number of nitrogens with zero attached hydrogens (tertiary/aromatic N) is 2. The molecule has 7 heteroatoms. The standard InChI is InChI=1S/C27H28N2O5/c1-18-13-22(19(2)28(18)15-20-9-5-4-6-10-20)24(30)17-34-27(32)21-14-26(31)29(16-21)23-11-7-8-12-25(23)33-3/h4-13,21H,14-17H2,1-3H3. The fraction of sp³-hybridized carbons (Fsp3) is 0.296. The van der Waals surface area contributed by atoms with E-state index < -0.39 is 11.9 Å². The summed E-state index contributed by atoms with van der Waals surface area (Å²) in [5.41, 5.74) is 4.09. The number of esters is 1. The topological polar surface area (TPSA) is 77.8 Å². The number of anilines is 1. The number of carbonyl (C=O) groups is 3. The van der Waals surface area contributed by atoms with Gasteiger partial charge in [0.15, 0.2) is 6.61 Å². The van der Waals surface area contributed by atoms with Crippen molar-refractivity contribution in [2.45, 2.75) is 26.8 Å². The third-order valence-corrected chi connectivity index (χ3v) is 6.24. The first kappa shape index (κ1) is 23.3. The number of ether oxygens (including phenoxy) is 2. The molecule has 1 atom stereocenters. The van der Waals surface area contributed by atoms with E-state index in [0.717, 1.165) is 17.0 Å². The summed E-state index contributed by atoms with van der Waals surface area (Å²) in [4.78, 5) is 39.6. The molecule has 1 saturated heterocycles. The van der Waals surface area contributed by atoms with Crippen LogP contribution in [0.1, 0.15) is 33.7 Å². The molecule has 0 saturated carbocycles. The van der Waals surface area contributed by atoms with Crippen LogP contribution in [0, 0.1) is 19.8 Å². The Balaban J connectivity index is 1.38. The van der Waals surface area contributed by atoms with Crippen LogP contribution in [0.3, 0.4) is 0 Å². The van der Waals surface area contributed by atoms with Gasteiger partial charge in [0.25, 0.3) is 0 Å². The molecule has 1 aromatic heterocycles. The van der Waals surface area contributed by atoms with Crippen LogP contribution in [-0.2, 0) is 20.9 Å². The first-order valence-electron chi connectivity index (χ1n) is 11.2. The molecule has 1 unspecified atom stereocenters. The Morgan fingerprint density at radius 3 is 2.47 bits per heavy atom. The van der Waals surface area contributed by atoms with Crippen LogP contribution in [0.15, 0.2) is 60.7 Å². The second-order valence-electron chi connectivity index (χ2n) is 8.46. The zero-order valence-electron chi connectivity index (χ0n) is 19.6. The highest BCUT2D eigenvalue weighted by atomic mass is 16.5. The lowest BCUT2D eigenvalue weighted by atomic mass is 10.1. The minimum Gasteiger partial charge on any atom is -0.495 e. The van der Waals surface area contributed by atoms with E-state index in [1.807, 2.05) is 62.4 Å². The van der Waals surface area contributed by atoms with Crippen molar-refractivity contribution in [1.29, 1.82) is 0 Å². The summed E-state index contributed by atoms with van der Waals surface area (Å²) in [7, 11) is 1.54. The van der Waals surface area contributed by atoms with E-state index in [1.165, 1.54) is 12.0 Å². The highest BCUT2D eigenvalue weighted by Crippen LogP contribution is 2.33. The third-order valence-electron chi connectivity index (χ3n) is 6.24. The number of aromatic nitrogens is 1. The van der Waals surface area contributed by atoms with Crippen molar-refractivity contribution in [1.82, 2.24) is 4.57 Å². The number of methoxy groups -OCH3 is 1. The second kappa shape index (κ2) is 9.95. The Labute approximate surface area is 198 Å². The van der Waals surface area contributed by atoms with Crippen molar-refractivity contribution < 1.29 is 23.9 Å². The lowest BCUT2D eigenvalue weighted by Gasteiger charge is -2.19. The Kier molecular flexibility index (Phi) is 6.82. The summed E-state index contributed by atoms with van der Waals surface area (Å²) in [6.07, 6.45) is 0.0384. The van der Waals surface area contributed by atoms with Gasteiger partial charge in [-0.2, -0.15) is 0 Å². The van der Waals surface area contributed by atoms with Gasteiger partial charge in [0, 0.05) is 36.5 Å². The smallest absolute Gasteiger partial charge is 0.311 e. The van der Waals surface area contributed by atoms with E-state index in [-0.39, 0.29) is 31.3 Å². The van der Waals surface area contributed by atoms with Crippen LogP contribution in [-0.4, -0.2) is 42.5 Å². The number of benzene rings is 2. The predicted octanol–water partition coefficient (Wildman–Crippen LogP) is 3.94. The molecule has 0 bridgehead atoms. The molecule has 0 aliphatic carbocycles. The Morgan fingerprint density at radius 2 is 1.74 bits per heavy atom. The average Bonchev–Trinajstić information content (AvgIpc) is 3.37. The number of para-hydroxylation sites is 2. The Bertz CT molecular complexity index is 1220. The zero-order valence-corrected chi connectivity index (χ0v) is 19.6. The van der Waals surface area contributed by atoms with Gasteiger partial charge in [-0.25, -0.2) is 0 Å². The van der Waals surface area contributed by atoms with Crippen LogP contribution in [0.4, 0.5) is 5.69 Å².